The quantitative estimate of drug-likeness (QED) is 0.746. The molecule has 3 aromatic rings. The minimum atomic E-state index is -0.321. The molecule has 132 valence electrons. The van der Waals surface area contributed by atoms with Crippen LogP contribution in [0.15, 0.2) is 24.5 Å². The Hall–Kier alpha value is -2.90. The molecular weight excluding hydrogens is 323 g/mol. The third-order valence-corrected chi connectivity index (χ3v) is 4.20. The van der Waals surface area contributed by atoms with Crippen LogP contribution in [0.1, 0.15) is 17.2 Å². The van der Waals surface area contributed by atoms with Crippen LogP contribution < -0.4 is 5.32 Å². The van der Waals surface area contributed by atoms with Gasteiger partial charge in [0, 0.05) is 25.8 Å². The number of nitrogens with one attached hydrogen (secondary N) is 2. The van der Waals surface area contributed by atoms with Gasteiger partial charge in [-0.3, -0.25) is 0 Å². The van der Waals surface area contributed by atoms with E-state index >= 15 is 0 Å². The van der Waals surface area contributed by atoms with Crippen molar-refractivity contribution in [3.05, 3.63) is 47.6 Å². The van der Waals surface area contributed by atoms with Gasteiger partial charge in [0.2, 0.25) is 0 Å². The summed E-state index contributed by atoms with van der Waals surface area (Å²) < 4.78 is 15.2. The largest absolute Gasteiger partial charge is 0.340 e. The SMILES string of the molecule is Cc1ncn(CCNC(=O)N(C)Cc2nc3ccc(F)cc3[nH]2)c1C. The average Bonchev–Trinajstić information content (AvgIpc) is 3.11. The van der Waals surface area contributed by atoms with E-state index in [-0.39, 0.29) is 11.8 Å². The fourth-order valence-corrected chi connectivity index (χ4v) is 2.59. The molecule has 0 aliphatic rings. The number of H-pyrrole nitrogens is 1. The Kier molecular flexibility index (Phi) is 4.69. The third kappa shape index (κ3) is 3.78. The highest BCUT2D eigenvalue weighted by atomic mass is 19.1. The van der Waals surface area contributed by atoms with E-state index in [1.54, 1.807) is 19.4 Å². The molecule has 0 saturated heterocycles. The topological polar surface area (TPSA) is 78.8 Å². The Labute approximate surface area is 144 Å². The van der Waals surface area contributed by atoms with Crippen LogP contribution in [-0.4, -0.2) is 44.0 Å². The summed E-state index contributed by atoms with van der Waals surface area (Å²) >= 11 is 0. The van der Waals surface area contributed by atoms with Crippen molar-refractivity contribution >= 4 is 17.1 Å². The van der Waals surface area contributed by atoms with E-state index in [0.29, 0.717) is 36.5 Å². The zero-order chi connectivity index (χ0) is 18.0. The first-order chi connectivity index (χ1) is 11.9. The number of aromatic nitrogens is 4. The minimum Gasteiger partial charge on any atom is -0.340 e. The normalized spacial score (nSPS) is 11.0. The van der Waals surface area contributed by atoms with Gasteiger partial charge in [-0.2, -0.15) is 0 Å². The van der Waals surface area contributed by atoms with Crippen LogP contribution in [-0.2, 0) is 13.1 Å². The van der Waals surface area contributed by atoms with Crippen LogP contribution in [0.25, 0.3) is 11.0 Å². The van der Waals surface area contributed by atoms with Gasteiger partial charge in [-0.05, 0) is 32.0 Å². The third-order valence-electron chi connectivity index (χ3n) is 4.20. The molecule has 3 rings (SSSR count). The van der Waals surface area contributed by atoms with Gasteiger partial charge >= 0.3 is 6.03 Å². The number of halogens is 1. The van der Waals surface area contributed by atoms with Crippen molar-refractivity contribution in [2.75, 3.05) is 13.6 Å². The summed E-state index contributed by atoms with van der Waals surface area (Å²) in [5.41, 5.74) is 3.38. The van der Waals surface area contributed by atoms with Gasteiger partial charge in [0.25, 0.3) is 0 Å². The van der Waals surface area contributed by atoms with Crippen LogP contribution in [0.4, 0.5) is 9.18 Å². The van der Waals surface area contributed by atoms with Crippen molar-refractivity contribution in [3.8, 4) is 0 Å². The summed E-state index contributed by atoms with van der Waals surface area (Å²) in [7, 11) is 1.69. The number of aromatic amines is 1. The van der Waals surface area contributed by atoms with Crippen LogP contribution in [0.2, 0.25) is 0 Å². The molecule has 0 bridgehead atoms. The molecule has 1 aromatic carbocycles. The molecule has 2 amide bonds. The van der Waals surface area contributed by atoms with E-state index in [2.05, 4.69) is 20.3 Å². The predicted molar refractivity (Wildman–Crippen MR) is 92.6 cm³/mol. The molecule has 2 heterocycles. The number of imidazole rings is 2. The van der Waals surface area contributed by atoms with Gasteiger partial charge in [0.15, 0.2) is 0 Å². The summed E-state index contributed by atoms with van der Waals surface area (Å²) in [6.07, 6.45) is 1.77. The summed E-state index contributed by atoms with van der Waals surface area (Å²) in [5.74, 6) is 0.290. The summed E-state index contributed by atoms with van der Waals surface area (Å²) in [5, 5.41) is 2.87. The molecule has 0 aliphatic carbocycles. The van der Waals surface area contributed by atoms with Crippen molar-refractivity contribution in [2.45, 2.75) is 26.9 Å². The second kappa shape index (κ2) is 6.92. The number of fused-ring (bicyclic) bond motifs is 1. The molecule has 0 unspecified atom stereocenters. The van der Waals surface area contributed by atoms with Crippen LogP contribution >= 0.6 is 0 Å². The van der Waals surface area contributed by atoms with E-state index in [0.717, 1.165) is 11.4 Å². The zero-order valence-corrected chi connectivity index (χ0v) is 14.5. The first-order valence-electron chi connectivity index (χ1n) is 8.05. The van der Waals surface area contributed by atoms with Gasteiger partial charge in [-0.15, -0.1) is 0 Å². The molecule has 7 nitrogen and oxygen atoms in total. The first kappa shape index (κ1) is 16.9. The number of amides is 2. The van der Waals surface area contributed by atoms with E-state index < -0.39 is 0 Å². The Morgan fingerprint density at radius 1 is 1.40 bits per heavy atom. The number of hydrogen-bond acceptors (Lipinski definition) is 3. The number of rotatable bonds is 5. The van der Waals surface area contributed by atoms with Crippen molar-refractivity contribution in [2.24, 2.45) is 0 Å². The summed E-state index contributed by atoms with van der Waals surface area (Å²) in [6, 6.07) is 4.17. The Morgan fingerprint density at radius 2 is 2.20 bits per heavy atom. The fourth-order valence-electron chi connectivity index (χ4n) is 2.59. The molecule has 0 atom stereocenters. The van der Waals surface area contributed by atoms with Crippen molar-refractivity contribution in [1.82, 2.24) is 29.7 Å². The van der Waals surface area contributed by atoms with E-state index in [1.807, 2.05) is 18.4 Å². The lowest BCUT2D eigenvalue weighted by atomic mass is 10.3. The van der Waals surface area contributed by atoms with Crippen molar-refractivity contribution in [3.63, 3.8) is 0 Å². The van der Waals surface area contributed by atoms with Gasteiger partial charge in [0.1, 0.15) is 11.6 Å². The minimum absolute atomic E-state index is 0.193. The first-order valence-corrected chi connectivity index (χ1v) is 8.05. The Bertz CT molecular complexity index is 900. The molecule has 0 saturated carbocycles. The molecule has 0 radical (unpaired) electrons. The number of carbonyl (C=O) groups is 1. The van der Waals surface area contributed by atoms with Crippen LogP contribution in [0.5, 0.6) is 0 Å². The summed E-state index contributed by atoms with van der Waals surface area (Å²) in [6.45, 7) is 5.44. The van der Waals surface area contributed by atoms with E-state index in [1.165, 1.54) is 17.0 Å². The maximum Gasteiger partial charge on any atom is 0.317 e. The zero-order valence-electron chi connectivity index (χ0n) is 14.5. The lowest BCUT2D eigenvalue weighted by molar-refractivity contribution is 0.205. The monoisotopic (exact) mass is 344 g/mol. The Morgan fingerprint density at radius 3 is 2.92 bits per heavy atom. The standard InChI is InChI=1S/C17H21FN6O/c1-11-12(2)24(10-20-11)7-6-19-17(25)23(3)9-16-21-14-5-4-13(18)8-15(14)22-16/h4-5,8,10H,6-7,9H2,1-3H3,(H,19,25)(H,21,22). The fraction of sp³-hybridized carbons (Fsp3) is 0.353. The molecule has 0 fully saturated rings. The average molecular weight is 344 g/mol. The van der Waals surface area contributed by atoms with E-state index in [9.17, 15) is 9.18 Å². The molecule has 2 aromatic heterocycles. The molecule has 25 heavy (non-hydrogen) atoms. The second-order valence-corrected chi connectivity index (χ2v) is 6.04. The highest BCUT2D eigenvalue weighted by Gasteiger charge is 2.12. The smallest absolute Gasteiger partial charge is 0.317 e. The molecule has 2 N–H and O–H groups in total. The van der Waals surface area contributed by atoms with Crippen molar-refractivity contribution < 1.29 is 9.18 Å². The van der Waals surface area contributed by atoms with Gasteiger partial charge in [0.05, 0.1) is 29.6 Å². The maximum absolute atomic E-state index is 13.2. The number of aryl methyl sites for hydroxylation is 1. The number of carbonyl (C=O) groups excluding carboxylic acids is 1. The molecule has 0 spiro atoms. The maximum atomic E-state index is 13.2. The lowest BCUT2D eigenvalue weighted by Crippen LogP contribution is -2.38. The predicted octanol–water partition coefficient (Wildman–Crippen LogP) is 2.36. The molecule has 8 heteroatoms. The highest BCUT2D eigenvalue weighted by Crippen LogP contribution is 2.13. The number of hydrogen-bond donors (Lipinski definition) is 2. The Balaban J connectivity index is 1.53. The van der Waals surface area contributed by atoms with Gasteiger partial charge < -0.3 is 19.8 Å². The molecular formula is C17H21FN6O. The summed E-state index contributed by atoms with van der Waals surface area (Å²) in [4.78, 5) is 25.3. The highest BCUT2D eigenvalue weighted by molar-refractivity contribution is 5.76. The van der Waals surface area contributed by atoms with Gasteiger partial charge in [-0.25, -0.2) is 19.2 Å². The van der Waals surface area contributed by atoms with Crippen molar-refractivity contribution in [1.29, 1.82) is 0 Å². The molecule has 0 aliphatic heterocycles. The van der Waals surface area contributed by atoms with Crippen LogP contribution in [0.3, 0.4) is 0 Å². The second-order valence-electron chi connectivity index (χ2n) is 6.04. The van der Waals surface area contributed by atoms with E-state index in [4.69, 9.17) is 0 Å². The number of benzene rings is 1. The van der Waals surface area contributed by atoms with Gasteiger partial charge in [-0.1, -0.05) is 0 Å². The number of nitrogens with zero attached hydrogens (tertiary/aromatic N) is 4. The lowest BCUT2D eigenvalue weighted by Gasteiger charge is -2.17. The van der Waals surface area contributed by atoms with Crippen LogP contribution in [0, 0.1) is 19.7 Å². The number of urea groups is 1.